The second kappa shape index (κ2) is 6.30. The highest BCUT2D eigenvalue weighted by Crippen LogP contribution is 2.21. The van der Waals surface area contributed by atoms with E-state index in [-0.39, 0.29) is 6.10 Å². The number of para-hydroxylation sites is 1. The lowest BCUT2D eigenvalue weighted by molar-refractivity contribution is 0.0467. The van der Waals surface area contributed by atoms with Gasteiger partial charge >= 0.3 is 0 Å². The van der Waals surface area contributed by atoms with Crippen molar-refractivity contribution in [1.82, 2.24) is 0 Å². The lowest BCUT2D eigenvalue weighted by Gasteiger charge is -2.12. The van der Waals surface area contributed by atoms with Crippen molar-refractivity contribution in [3.63, 3.8) is 0 Å². The van der Waals surface area contributed by atoms with Crippen LogP contribution in [-0.4, -0.2) is 24.3 Å². The lowest BCUT2D eigenvalue weighted by Crippen LogP contribution is -2.20. The van der Waals surface area contributed by atoms with E-state index in [4.69, 9.17) is 15.3 Å². The van der Waals surface area contributed by atoms with Crippen LogP contribution in [0.1, 0.15) is 22.3 Å². The monoisotopic (exact) mass is 296 g/mol. The Morgan fingerprint density at radius 2 is 1.91 bits per heavy atom. The minimum atomic E-state index is -0.510. The van der Waals surface area contributed by atoms with Crippen LogP contribution in [0.2, 0.25) is 0 Å². The molecule has 1 heterocycles. The van der Waals surface area contributed by atoms with Crippen LogP contribution in [0.5, 0.6) is 5.75 Å². The molecule has 1 amide bonds. The smallest absolute Gasteiger partial charge is 0.252 e. The van der Waals surface area contributed by atoms with Crippen LogP contribution in [0, 0.1) is 0 Å². The lowest BCUT2D eigenvalue weighted by atomic mass is 10.1. The minimum absolute atomic E-state index is 0.170. The zero-order valence-electron chi connectivity index (χ0n) is 11.9. The number of nitrogens with two attached hydrogens (primary N) is 1. The Morgan fingerprint density at radius 3 is 2.68 bits per heavy atom. The van der Waals surface area contributed by atoms with Gasteiger partial charge < -0.3 is 15.3 Å². The van der Waals surface area contributed by atoms with Crippen LogP contribution in [0.4, 0.5) is 0 Å². The second-order valence-corrected chi connectivity index (χ2v) is 5.01. The van der Waals surface area contributed by atoms with Gasteiger partial charge in [0.05, 0.1) is 11.3 Å². The maximum Gasteiger partial charge on any atom is 0.252 e. The Morgan fingerprint density at radius 1 is 1.18 bits per heavy atom. The summed E-state index contributed by atoms with van der Waals surface area (Å²) in [6, 6.07) is 16.8. The molecule has 0 fully saturated rings. The molecule has 0 radical (unpaired) electrons. The van der Waals surface area contributed by atoms with Gasteiger partial charge in [0, 0.05) is 6.42 Å². The van der Waals surface area contributed by atoms with E-state index in [2.05, 4.69) is 5.16 Å². The van der Waals surface area contributed by atoms with Crippen LogP contribution in [-0.2, 0) is 4.84 Å². The highest BCUT2D eigenvalue weighted by molar-refractivity contribution is 6.01. The third-order valence-corrected chi connectivity index (χ3v) is 3.42. The fourth-order valence-corrected chi connectivity index (χ4v) is 2.30. The summed E-state index contributed by atoms with van der Waals surface area (Å²) in [5, 5.41) is 4.10. The Kier molecular flexibility index (Phi) is 4.05. The third kappa shape index (κ3) is 3.09. The predicted octanol–water partition coefficient (Wildman–Crippen LogP) is 2.36. The number of primary amides is 1. The quantitative estimate of drug-likeness (QED) is 0.920. The summed E-state index contributed by atoms with van der Waals surface area (Å²) >= 11 is 0. The van der Waals surface area contributed by atoms with E-state index in [0.29, 0.717) is 24.3 Å². The molecule has 3 rings (SSSR count). The summed E-state index contributed by atoms with van der Waals surface area (Å²) < 4.78 is 5.67. The van der Waals surface area contributed by atoms with Crippen molar-refractivity contribution < 1.29 is 14.4 Å². The molecule has 5 nitrogen and oxygen atoms in total. The first-order valence-corrected chi connectivity index (χ1v) is 7.04. The van der Waals surface area contributed by atoms with Crippen molar-refractivity contribution in [2.45, 2.75) is 12.5 Å². The number of hydrogen-bond acceptors (Lipinski definition) is 4. The van der Waals surface area contributed by atoms with Gasteiger partial charge in [0.25, 0.3) is 5.91 Å². The summed E-state index contributed by atoms with van der Waals surface area (Å²) in [5.41, 5.74) is 7.63. The van der Waals surface area contributed by atoms with Gasteiger partial charge in [-0.3, -0.25) is 4.79 Å². The molecular weight excluding hydrogens is 280 g/mol. The summed E-state index contributed by atoms with van der Waals surface area (Å²) in [4.78, 5) is 16.7. The average Bonchev–Trinajstić information content (AvgIpc) is 3.03. The molecule has 2 N–H and O–H groups in total. The fourth-order valence-electron chi connectivity index (χ4n) is 2.30. The number of benzene rings is 2. The van der Waals surface area contributed by atoms with E-state index in [1.807, 2.05) is 30.3 Å². The van der Waals surface area contributed by atoms with Crippen LogP contribution in [0.25, 0.3) is 0 Å². The highest BCUT2D eigenvalue weighted by atomic mass is 16.7. The van der Waals surface area contributed by atoms with Crippen molar-refractivity contribution in [2.75, 3.05) is 6.61 Å². The number of ether oxygens (including phenoxy) is 1. The average molecular weight is 296 g/mol. The van der Waals surface area contributed by atoms with E-state index >= 15 is 0 Å². The summed E-state index contributed by atoms with van der Waals surface area (Å²) in [6.07, 6.45) is 0.499. The number of carbonyl (C=O) groups is 1. The molecule has 112 valence electrons. The zero-order valence-corrected chi connectivity index (χ0v) is 11.9. The van der Waals surface area contributed by atoms with Gasteiger partial charge in [-0.2, -0.15) is 0 Å². The zero-order chi connectivity index (χ0) is 15.4. The first kappa shape index (κ1) is 14.1. The van der Waals surface area contributed by atoms with E-state index in [1.54, 1.807) is 24.3 Å². The Bertz CT molecular complexity index is 698. The minimum Gasteiger partial charge on any atom is -0.489 e. The maximum atomic E-state index is 11.3. The molecule has 0 saturated carbocycles. The largest absolute Gasteiger partial charge is 0.489 e. The Labute approximate surface area is 128 Å². The SMILES string of the molecule is NC(=O)c1ccccc1OC[C@@H]1CC(c2ccccc2)=NO1. The van der Waals surface area contributed by atoms with E-state index < -0.39 is 5.91 Å². The van der Waals surface area contributed by atoms with Crippen molar-refractivity contribution in [3.05, 3.63) is 65.7 Å². The molecule has 0 spiro atoms. The van der Waals surface area contributed by atoms with Gasteiger partial charge in [0.15, 0.2) is 6.10 Å². The van der Waals surface area contributed by atoms with Gasteiger partial charge in [0.2, 0.25) is 0 Å². The number of rotatable bonds is 5. The molecule has 0 bridgehead atoms. The Hall–Kier alpha value is -2.82. The van der Waals surface area contributed by atoms with Crippen LogP contribution < -0.4 is 10.5 Å². The first-order valence-electron chi connectivity index (χ1n) is 7.04. The van der Waals surface area contributed by atoms with Crippen molar-refractivity contribution >= 4 is 11.6 Å². The third-order valence-electron chi connectivity index (χ3n) is 3.42. The maximum absolute atomic E-state index is 11.3. The molecule has 0 aromatic heterocycles. The molecule has 0 unspecified atom stereocenters. The molecule has 0 saturated heterocycles. The van der Waals surface area contributed by atoms with Crippen LogP contribution in [0.15, 0.2) is 59.8 Å². The number of nitrogens with zero attached hydrogens (tertiary/aromatic N) is 1. The van der Waals surface area contributed by atoms with Crippen LogP contribution in [0.3, 0.4) is 0 Å². The highest BCUT2D eigenvalue weighted by Gasteiger charge is 2.23. The molecule has 1 aliphatic heterocycles. The first-order chi connectivity index (χ1) is 10.7. The molecule has 1 atom stereocenters. The standard InChI is InChI=1S/C17H16N2O3/c18-17(20)14-8-4-5-9-16(14)21-11-13-10-15(19-22-13)12-6-2-1-3-7-12/h1-9,13H,10-11H2,(H2,18,20)/t13-/m0/s1. The molecule has 5 heteroatoms. The van der Waals surface area contributed by atoms with Crippen molar-refractivity contribution in [3.8, 4) is 5.75 Å². The number of hydrogen-bond donors (Lipinski definition) is 1. The molecule has 0 aliphatic carbocycles. The van der Waals surface area contributed by atoms with E-state index in [0.717, 1.165) is 11.3 Å². The fraction of sp³-hybridized carbons (Fsp3) is 0.176. The van der Waals surface area contributed by atoms with Gasteiger partial charge in [-0.15, -0.1) is 0 Å². The van der Waals surface area contributed by atoms with Gasteiger partial charge in [-0.1, -0.05) is 47.6 Å². The van der Waals surface area contributed by atoms with Crippen molar-refractivity contribution in [2.24, 2.45) is 10.9 Å². The molecule has 1 aliphatic rings. The van der Waals surface area contributed by atoms with Crippen molar-refractivity contribution in [1.29, 1.82) is 0 Å². The number of oxime groups is 1. The van der Waals surface area contributed by atoms with Gasteiger partial charge in [-0.25, -0.2) is 0 Å². The number of carbonyl (C=O) groups excluding carboxylic acids is 1. The normalized spacial score (nSPS) is 16.7. The molecule has 2 aromatic rings. The summed E-state index contributed by atoms with van der Waals surface area (Å²) in [5.74, 6) is -0.0454. The molecule has 22 heavy (non-hydrogen) atoms. The van der Waals surface area contributed by atoms with Gasteiger partial charge in [-0.05, 0) is 17.7 Å². The number of amides is 1. The van der Waals surface area contributed by atoms with Crippen LogP contribution >= 0.6 is 0 Å². The Balaban J connectivity index is 1.60. The molecular formula is C17H16N2O3. The topological polar surface area (TPSA) is 73.9 Å². The second-order valence-electron chi connectivity index (χ2n) is 5.01. The summed E-state index contributed by atoms with van der Waals surface area (Å²) in [6.45, 7) is 0.310. The summed E-state index contributed by atoms with van der Waals surface area (Å²) in [7, 11) is 0. The van der Waals surface area contributed by atoms with E-state index in [9.17, 15) is 4.79 Å². The molecule has 2 aromatic carbocycles. The predicted molar refractivity (Wildman–Crippen MR) is 82.9 cm³/mol. The van der Waals surface area contributed by atoms with Gasteiger partial charge in [0.1, 0.15) is 12.4 Å². The van der Waals surface area contributed by atoms with E-state index in [1.165, 1.54) is 0 Å².